The molecule has 0 aliphatic carbocycles. The van der Waals surface area contributed by atoms with E-state index in [1.165, 1.54) is 18.4 Å². The average molecular weight is 262 g/mol. The van der Waals surface area contributed by atoms with Gasteiger partial charge >= 0.3 is 5.97 Å². The smallest absolute Gasteiger partial charge is 0.303 e. The predicted octanol–water partition coefficient (Wildman–Crippen LogP) is 2.86. The van der Waals surface area contributed by atoms with Gasteiger partial charge in [-0.15, -0.1) is 0 Å². The second kappa shape index (κ2) is 6.66. The molecule has 1 aromatic heterocycles. The quantitative estimate of drug-likeness (QED) is 0.886. The van der Waals surface area contributed by atoms with E-state index in [0.29, 0.717) is 12.1 Å². The standard InChI is InChI=1S/C15H22N2O2/c1-12(13-7-9-16-10-8-13)17-11-3-2-4-14(17)5-6-15(18)19/h7-10,12,14H,2-6,11H2,1H3,(H,18,19). The van der Waals surface area contributed by atoms with Gasteiger partial charge in [0.2, 0.25) is 0 Å². The van der Waals surface area contributed by atoms with Crippen LogP contribution in [0.2, 0.25) is 0 Å². The van der Waals surface area contributed by atoms with E-state index in [0.717, 1.165) is 19.4 Å². The van der Waals surface area contributed by atoms with Crippen LogP contribution in [0.25, 0.3) is 0 Å². The number of carboxylic acids is 1. The molecule has 1 N–H and O–H groups in total. The third-order valence-electron chi connectivity index (χ3n) is 4.05. The highest BCUT2D eigenvalue weighted by atomic mass is 16.4. The first-order chi connectivity index (χ1) is 9.18. The number of aliphatic carboxylic acids is 1. The van der Waals surface area contributed by atoms with Crippen molar-refractivity contribution < 1.29 is 9.90 Å². The van der Waals surface area contributed by atoms with Crippen LogP contribution in [-0.4, -0.2) is 33.5 Å². The summed E-state index contributed by atoms with van der Waals surface area (Å²) in [6, 6.07) is 4.83. The summed E-state index contributed by atoms with van der Waals surface area (Å²) in [7, 11) is 0. The number of pyridine rings is 1. The number of aromatic nitrogens is 1. The van der Waals surface area contributed by atoms with Gasteiger partial charge in [-0.25, -0.2) is 0 Å². The zero-order chi connectivity index (χ0) is 13.7. The van der Waals surface area contributed by atoms with Crippen molar-refractivity contribution in [2.75, 3.05) is 6.54 Å². The molecule has 104 valence electrons. The van der Waals surface area contributed by atoms with Crippen LogP contribution >= 0.6 is 0 Å². The van der Waals surface area contributed by atoms with Gasteiger partial charge in [0.1, 0.15) is 0 Å². The van der Waals surface area contributed by atoms with Crippen molar-refractivity contribution in [2.24, 2.45) is 0 Å². The summed E-state index contributed by atoms with van der Waals surface area (Å²) in [5, 5.41) is 8.86. The molecule has 0 saturated carbocycles. The van der Waals surface area contributed by atoms with Crippen LogP contribution < -0.4 is 0 Å². The van der Waals surface area contributed by atoms with Gasteiger partial charge in [-0.3, -0.25) is 14.7 Å². The highest BCUT2D eigenvalue weighted by Gasteiger charge is 2.27. The molecule has 4 nitrogen and oxygen atoms in total. The van der Waals surface area contributed by atoms with E-state index in [-0.39, 0.29) is 6.42 Å². The number of piperidine rings is 1. The highest BCUT2D eigenvalue weighted by molar-refractivity contribution is 5.66. The molecule has 1 aromatic rings. The molecule has 1 saturated heterocycles. The van der Waals surface area contributed by atoms with Crippen molar-refractivity contribution >= 4 is 5.97 Å². The van der Waals surface area contributed by atoms with E-state index in [1.54, 1.807) is 0 Å². The van der Waals surface area contributed by atoms with Gasteiger partial charge in [-0.05, 0) is 50.4 Å². The molecule has 0 aromatic carbocycles. The maximum absolute atomic E-state index is 10.8. The van der Waals surface area contributed by atoms with Crippen LogP contribution in [0, 0.1) is 0 Å². The van der Waals surface area contributed by atoms with Crippen LogP contribution in [0.1, 0.15) is 50.6 Å². The number of likely N-dealkylation sites (tertiary alicyclic amines) is 1. The van der Waals surface area contributed by atoms with E-state index in [4.69, 9.17) is 5.11 Å². The third-order valence-corrected chi connectivity index (χ3v) is 4.05. The number of carbonyl (C=O) groups is 1. The summed E-state index contributed by atoms with van der Waals surface area (Å²) in [5.74, 6) is -0.693. The summed E-state index contributed by atoms with van der Waals surface area (Å²) in [6.07, 6.45) is 8.20. The van der Waals surface area contributed by atoms with Crippen molar-refractivity contribution in [2.45, 2.75) is 51.1 Å². The van der Waals surface area contributed by atoms with Crippen LogP contribution in [0.15, 0.2) is 24.5 Å². The molecule has 0 spiro atoms. The van der Waals surface area contributed by atoms with Gasteiger partial charge in [0.25, 0.3) is 0 Å². The molecule has 0 amide bonds. The number of rotatable bonds is 5. The van der Waals surface area contributed by atoms with Crippen molar-refractivity contribution in [1.29, 1.82) is 0 Å². The lowest BCUT2D eigenvalue weighted by atomic mass is 9.94. The van der Waals surface area contributed by atoms with Crippen molar-refractivity contribution in [3.63, 3.8) is 0 Å². The fraction of sp³-hybridized carbons (Fsp3) is 0.600. The predicted molar refractivity (Wildman–Crippen MR) is 73.9 cm³/mol. The Bertz CT molecular complexity index is 408. The Kier molecular flexibility index (Phi) is 4.91. The van der Waals surface area contributed by atoms with Crippen LogP contribution in [0.4, 0.5) is 0 Å². The fourth-order valence-electron chi connectivity index (χ4n) is 2.97. The number of hydrogen-bond acceptors (Lipinski definition) is 3. The molecule has 0 bridgehead atoms. The zero-order valence-electron chi connectivity index (χ0n) is 11.5. The maximum atomic E-state index is 10.8. The summed E-state index contributed by atoms with van der Waals surface area (Å²) in [5.41, 5.74) is 1.26. The SMILES string of the molecule is CC(c1ccncc1)N1CCCCC1CCC(=O)O. The van der Waals surface area contributed by atoms with Crippen molar-refractivity contribution in [1.82, 2.24) is 9.88 Å². The largest absolute Gasteiger partial charge is 0.481 e. The van der Waals surface area contributed by atoms with E-state index in [2.05, 4.69) is 16.8 Å². The molecule has 2 rings (SSSR count). The topological polar surface area (TPSA) is 53.4 Å². The summed E-state index contributed by atoms with van der Waals surface area (Å²) in [4.78, 5) is 17.3. The summed E-state index contributed by atoms with van der Waals surface area (Å²) >= 11 is 0. The van der Waals surface area contributed by atoms with E-state index in [9.17, 15) is 4.79 Å². The molecular formula is C15H22N2O2. The first-order valence-corrected chi connectivity index (χ1v) is 7.06. The molecule has 2 heterocycles. The summed E-state index contributed by atoms with van der Waals surface area (Å²) in [6.45, 7) is 3.27. The van der Waals surface area contributed by atoms with Crippen molar-refractivity contribution in [3.8, 4) is 0 Å². The normalized spacial score (nSPS) is 22.1. The van der Waals surface area contributed by atoms with E-state index in [1.807, 2.05) is 24.5 Å². The minimum absolute atomic E-state index is 0.268. The van der Waals surface area contributed by atoms with Crippen LogP contribution in [0.3, 0.4) is 0 Å². The molecule has 1 fully saturated rings. The second-order valence-corrected chi connectivity index (χ2v) is 5.28. The van der Waals surface area contributed by atoms with Gasteiger partial charge in [0, 0.05) is 30.9 Å². The molecule has 19 heavy (non-hydrogen) atoms. The van der Waals surface area contributed by atoms with Gasteiger partial charge in [-0.2, -0.15) is 0 Å². The second-order valence-electron chi connectivity index (χ2n) is 5.28. The van der Waals surface area contributed by atoms with Gasteiger partial charge in [0.05, 0.1) is 0 Å². The van der Waals surface area contributed by atoms with Crippen LogP contribution in [0.5, 0.6) is 0 Å². The Balaban J connectivity index is 2.04. The van der Waals surface area contributed by atoms with E-state index >= 15 is 0 Å². The first kappa shape index (κ1) is 14.0. The third kappa shape index (κ3) is 3.77. The van der Waals surface area contributed by atoms with Crippen molar-refractivity contribution in [3.05, 3.63) is 30.1 Å². The lowest BCUT2D eigenvalue weighted by molar-refractivity contribution is -0.137. The minimum atomic E-state index is -0.693. The highest BCUT2D eigenvalue weighted by Crippen LogP contribution is 2.30. The Morgan fingerprint density at radius 2 is 2.21 bits per heavy atom. The van der Waals surface area contributed by atoms with Gasteiger partial charge in [0.15, 0.2) is 0 Å². The average Bonchev–Trinajstić information content (AvgIpc) is 2.45. The Morgan fingerprint density at radius 1 is 1.47 bits per heavy atom. The van der Waals surface area contributed by atoms with Gasteiger partial charge < -0.3 is 5.11 Å². The maximum Gasteiger partial charge on any atom is 0.303 e. The van der Waals surface area contributed by atoms with Crippen LogP contribution in [-0.2, 0) is 4.79 Å². The molecule has 4 heteroatoms. The number of carboxylic acid groups (broad SMARTS) is 1. The molecule has 2 atom stereocenters. The minimum Gasteiger partial charge on any atom is -0.481 e. The Labute approximate surface area is 114 Å². The number of hydrogen-bond donors (Lipinski definition) is 1. The lowest BCUT2D eigenvalue weighted by Gasteiger charge is -2.40. The zero-order valence-corrected chi connectivity index (χ0v) is 11.5. The molecule has 0 radical (unpaired) electrons. The first-order valence-electron chi connectivity index (χ1n) is 7.06. The lowest BCUT2D eigenvalue weighted by Crippen LogP contribution is -2.41. The molecular weight excluding hydrogens is 240 g/mol. The Hall–Kier alpha value is -1.42. The molecule has 2 unspecified atom stereocenters. The van der Waals surface area contributed by atoms with E-state index < -0.39 is 5.97 Å². The Morgan fingerprint density at radius 3 is 2.89 bits per heavy atom. The molecule has 1 aliphatic rings. The molecule has 1 aliphatic heterocycles. The number of nitrogens with zero attached hydrogens (tertiary/aromatic N) is 2. The monoisotopic (exact) mass is 262 g/mol. The van der Waals surface area contributed by atoms with Gasteiger partial charge in [-0.1, -0.05) is 6.42 Å². The fourth-order valence-corrected chi connectivity index (χ4v) is 2.97. The summed E-state index contributed by atoms with van der Waals surface area (Å²) < 4.78 is 0.